The maximum absolute atomic E-state index is 12.7. The molecule has 1 unspecified atom stereocenters. The number of nitrogens with zero attached hydrogens (tertiary/aromatic N) is 2. The van der Waals surface area contributed by atoms with E-state index >= 15 is 0 Å². The lowest BCUT2D eigenvalue weighted by Gasteiger charge is -2.29. The largest absolute Gasteiger partial charge is 0.346 e. The number of likely N-dealkylation sites (N-methyl/N-ethyl adjacent to an activating group) is 1. The molecule has 6 heteroatoms. The number of benzene rings is 2. The average Bonchev–Trinajstić information content (AvgIpc) is 2.64. The van der Waals surface area contributed by atoms with Crippen molar-refractivity contribution in [1.29, 1.82) is 0 Å². The summed E-state index contributed by atoms with van der Waals surface area (Å²) in [6, 6.07) is 17.5. The van der Waals surface area contributed by atoms with Crippen LogP contribution in [0.2, 0.25) is 0 Å². The van der Waals surface area contributed by atoms with Crippen LogP contribution < -0.4 is 10.2 Å². The van der Waals surface area contributed by atoms with Crippen molar-refractivity contribution in [2.75, 3.05) is 37.8 Å². The van der Waals surface area contributed by atoms with Crippen molar-refractivity contribution >= 4 is 29.3 Å². The van der Waals surface area contributed by atoms with Crippen molar-refractivity contribution in [3.63, 3.8) is 0 Å². The van der Waals surface area contributed by atoms with Gasteiger partial charge in [-0.1, -0.05) is 42.5 Å². The molecule has 2 amide bonds. The summed E-state index contributed by atoms with van der Waals surface area (Å²) in [7, 11) is 3.95. The van der Waals surface area contributed by atoms with Crippen LogP contribution in [-0.2, 0) is 9.59 Å². The van der Waals surface area contributed by atoms with Crippen LogP contribution in [-0.4, -0.2) is 49.7 Å². The molecule has 0 radical (unpaired) electrons. The lowest BCUT2D eigenvalue weighted by molar-refractivity contribution is -0.123. The van der Waals surface area contributed by atoms with Gasteiger partial charge in [-0.15, -0.1) is 11.8 Å². The lowest BCUT2D eigenvalue weighted by atomic mass is 10.1. The van der Waals surface area contributed by atoms with Crippen LogP contribution in [0.1, 0.15) is 11.6 Å². The lowest BCUT2D eigenvalue weighted by Crippen LogP contribution is -2.45. The van der Waals surface area contributed by atoms with Gasteiger partial charge in [-0.2, -0.15) is 0 Å². The Hall–Kier alpha value is -2.31. The van der Waals surface area contributed by atoms with Crippen molar-refractivity contribution < 1.29 is 9.59 Å². The first-order chi connectivity index (χ1) is 12.5. The maximum atomic E-state index is 12.7. The molecule has 3 rings (SSSR count). The summed E-state index contributed by atoms with van der Waals surface area (Å²) in [5, 5.41) is 3.08. The zero-order valence-corrected chi connectivity index (χ0v) is 15.8. The fourth-order valence-electron chi connectivity index (χ4n) is 3.00. The van der Waals surface area contributed by atoms with Crippen molar-refractivity contribution in [3.8, 4) is 0 Å². The third kappa shape index (κ3) is 4.45. The minimum absolute atomic E-state index is 0.0345. The SMILES string of the molecule is CN(C)CC(NC(=O)CN1C(=O)CSc2ccccc21)c1ccccc1. The van der Waals surface area contributed by atoms with Gasteiger partial charge in [-0.05, 0) is 31.8 Å². The van der Waals surface area contributed by atoms with Gasteiger partial charge in [0.25, 0.3) is 0 Å². The summed E-state index contributed by atoms with van der Waals surface area (Å²) < 4.78 is 0. The Morgan fingerprint density at radius 1 is 1.15 bits per heavy atom. The van der Waals surface area contributed by atoms with Gasteiger partial charge >= 0.3 is 0 Å². The first-order valence-corrected chi connectivity index (χ1v) is 9.54. The number of fused-ring (bicyclic) bond motifs is 1. The Labute approximate surface area is 158 Å². The monoisotopic (exact) mass is 369 g/mol. The van der Waals surface area contributed by atoms with Gasteiger partial charge in [0.1, 0.15) is 6.54 Å². The number of para-hydroxylation sites is 1. The molecule has 1 heterocycles. The third-order valence-electron chi connectivity index (χ3n) is 4.19. The molecule has 136 valence electrons. The van der Waals surface area contributed by atoms with Crippen molar-refractivity contribution in [2.45, 2.75) is 10.9 Å². The van der Waals surface area contributed by atoms with E-state index in [4.69, 9.17) is 0 Å². The fraction of sp³-hybridized carbons (Fsp3) is 0.300. The summed E-state index contributed by atoms with van der Waals surface area (Å²) in [6.07, 6.45) is 0. The predicted octanol–water partition coefficient (Wildman–Crippen LogP) is 2.54. The van der Waals surface area contributed by atoms with Gasteiger partial charge in [-0.3, -0.25) is 9.59 Å². The summed E-state index contributed by atoms with van der Waals surface area (Å²) in [6.45, 7) is 0.726. The molecule has 0 aliphatic carbocycles. The zero-order chi connectivity index (χ0) is 18.5. The Morgan fingerprint density at radius 2 is 1.85 bits per heavy atom. The van der Waals surface area contributed by atoms with Crippen LogP contribution >= 0.6 is 11.8 Å². The molecule has 0 aromatic heterocycles. The Kier molecular flexibility index (Phi) is 5.96. The second-order valence-corrected chi connectivity index (χ2v) is 7.55. The smallest absolute Gasteiger partial charge is 0.240 e. The highest BCUT2D eigenvalue weighted by Gasteiger charge is 2.27. The van der Waals surface area contributed by atoms with Crippen LogP contribution in [0.15, 0.2) is 59.5 Å². The minimum Gasteiger partial charge on any atom is -0.346 e. The van der Waals surface area contributed by atoms with Crippen molar-refractivity contribution in [1.82, 2.24) is 10.2 Å². The highest BCUT2D eigenvalue weighted by molar-refractivity contribution is 8.00. The highest BCUT2D eigenvalue weighted by atomic mass is 32.2. The van der Waals surface area contributed by atoms with Gasteiger partial charge in [0.15, 0.2) is 0 Å². The van der Waals surface area contributed by atoms with E-state index in [0.717, 1.165) is 16.1 Å². The molecule has 0 bridgehead atoms. The minimum atomic E-state index is -0.157. The van der Waals surface area contributed by atoms with Crippen LogP contribution in [0.25, 0.3) is 0 Å². The Bertz CT molecular complexity index is 780. The Balaban J connectivity index is 1.73. The second kappa shape index (κ2) is 8.38. The number of anilines is 1. The first-order valence-electron chi connectivity index (χ1n) is 8.56. The molecule has 26 heavy (non-hydrogen) atoms. The van der Waals surface area contributed by atoms with E-state index in [1.807, 2.05) is 73.6 Å². The normalized spacial score (nSPS) is 14.9. The molecule has 0 spiro atoms. The predicted molar refractivity (Wildman–Crippen MR) is 105 cm³/mol. The van der Waals surface area contributed by atoms with Crippen LogP contribution in [0.5, 0.6) is 0 Å². The van der Waals surface area contributed by atoms with E-state index < -0.39 is 0 Å². The molecule has 0 saturated heterocycles. The molecule has 1 N–H and O–H groups in total. The standard InChI is InChI=1S/C20H23N3O2S/c1-22(2)12-16(15-8-4-3-5-9-15)21-19(24)13-23-17-10-6-7-11-18(17)26-14-20(23)25/h3-11,16H,12-14H2,1-2H3,(H,21,24). The second-order valence-electron chi connectivity index (χ2n) is 6.53. The van der Waals surface area contributed by atoms with Gasteiger partial charge in [0.2, 0.25) is 11.8 Å². The van der Waals surface area contributed by atoms with E-state index in [0.29, 0.717) is 12.3 Å². The molecule has 2 aromatic carbocycles. The van der Waals surface area contributed by atoms with Gasteiger partial charge < -0.3 is 15.1 Å². The zero-order valence-electron chi connectivity index (χ0n) is 15.0. The number of rotatable bonds is 6. The molecule has 1 atom stereocenters. The van der Waals surface area contributed by atoms with E-state index in [1.54, 1.807) is 4.90 Å². The highest BCUT2D eigenvalue weighted by Crippen LogP contribution is 2.34. The quantitative estimate of drug-likeness (QED) is 0.850. The maximum Gasteiger partial charge on any atom is 0.240 e. The number of hydrogen-bond donors (Lipinski definition) is 1. The number of nitrogens with one attached hydrogen (secondary N) is 1. The Morgan fingerprint density at radius 3 is 2.58 bits per heavy atom. The summed E-state index contributed by atoms with van der Waals surface area (Å²) in [5.74, 6) is 0.174. The third-order valence-corrected chi connectivity index (χ3v) is 5.24. The van der Waals surface area contributed by atoms with Crippen LogP contribution in [0, 0.1) is 0 Å². The molecule has 2 aromatic rings. The van der Waals surface area contributed by atoms with E-state index in [-0.39, 0.29) is 24.4 Å². The average molecular weight is 369 g/mol. The first kappa shape index (κ1) is 18.5. The van der Waals surface area contributed by atoms with Gasteiger partial charge in [0.05, 0.1) is 17.5 Å². The summed E-state index contributed by atoms with van der Waals surface area (Å²) in [5.41, 5.74) is 1.86. The number of hydrogen-bond acceptors (Lipinski definition) is 4. The van der Waals surface area contributed by atoms with Gasteiger partial charge in [0, 0.05) is 11.4 Å². The van der Waals surface area contributed by atoms with E-state index in [9.17, 15) is 9.59 Å². The van der Waals surface area contributed by atoms with Crippen molar-refractivity contribution in [2.24, 2.45) is 0 Å². The molecule has 1 aliphatic heterocycles. The summed E-state index contributed by atoms with van der Waals surface area (Å²) >= 11 is 1.52. The number of carbonyl (C=O) groups is 2. The molecule has 0 saturated carbocycles. The summed E-state index contributed by atoms with van der Waals surface area (Å²) in [4.78, 5) is 29.7. The van der Waals surface area contributed by atoms with E-state index in [2.05, 4.69) is 5.32 Å². The van der Waals surface area contributed by atoms with Crippen LogP contribution in [0.4, 0.5) is 5.69 Å². The fourth-order valence-corrected chi connectivity index (χ4v) is 3.93. The molecular weight excluding hydrogens is 346 g/mol. The molecule has 1 aliphatic rings. The topological polar surface area (TPSA) is 52.7 Å². The van der Waals surface area contributed by atoms with Gasteiger partial charge in [-0.25, -0.2) is 0 Å². The molecule has 5 nitrogen and oxygen atoms in total. The molecular formula is C20H23N3O2S. The number of carbonyl (C=O) groups excluding carboxylic acids is 2. The van der Waals surface area contributed by atoms with E-state index in [1.165, 1.54) is 11.8 Å². The van der Waals surface area contributed by atoms with Crippen LogP contribution in [0.3, 0.4) is 0 Å². The number of thioether (sulfide) groups is 1. The van der Waals surface area contributed by atoms with Crippen molar-refractivity contribution in [3.05, 3.63) is 60.2 Å². The molecule has 0 fully saturated rings. The number of amides is 2.